The van der Waals surface area contributed by atoms with Gasteiger partial charge in [0.15, 0.2) is 0 Å². The minimum Gasteiger partial charge on any atom is -0.324 e. The van der Waals surface area contributed by atoms with Gasteiger partial charge in [0.05, 0.1) is 0 Å². The van der Waals surface area contributed by atoms with Gasteiger partial charge in [0.25, 0.3) is 0 Å². The molecular formula is C14H12F3N. The zero-order valence-corrected chi connectivity index (χ0v) is 9.54. The first-order chi connectivity index (χ1) is 8.58. The molecule has 4 heteroatoms. The Bertz CT molecular complexity index is 534. The molecule has 1 unspecified atom stereocenters. The SMILES string of the molecule is NC(Cc1c(F)cccc1F)c1cccc(F)c1. The maximum Gasteiger partial charge on any atom is 0.129 e. The average Bonchev–Trinajstić information content (AvgIpc) is 2.34. The molecule has 0 amide bonds. The minimum absolute atomic E-state index is 0.0119. The summed E-state index contributed by atoms with van der Waals surface area (Å²) in [5.74, 6) is -1.69. The average molecular weight is 251 g/mol. The van der Waals surface area contributed by atoms with Gasteiger partial charge in [-0.05, 0) is 36.2 Å². The molecule has 0 radical (unpaired) electrons. The Morgan fingerprint density at radius 3 is 2.17 bits per heavy atom. The highest BCUT2D eigenvalue weighted by molar-refractivity contribution is 5.25. The van der Waals surface area contributed by atoms with E-state index in [0.717, 1.165) is 0 Å². The predicted octanol–water partition coefficient (Wildman–Crippen LogP) is 3.35. The van der Waals surface area contributed by atoms with Crippen molar-refractivity contribution in [1.82, 2.24) is 0 Å². The molecule has 2 N–H and O–H groups in total. The van der Waals surface area contributed by atoms with Gasteiger partial charge in [-0.3, -0.25) is 0 Å². The van der Waals surface area contributed by atoms with E-state index in [1.807, 2.05) is 0 Å². The number of rotatable bonds is 3. The molecule has 0 heterocycles. The van der Waals surface area contributed by atoms with Gasteiger partial charge in [0.2, 0.25) is 0 Å². The van der Waals surface area contributed by atoms with Crippen LogP contribution >= 0.6 is 0 Å². The van der Waals surface area contributed by atoms with Crippen LogP contribution in [0.4, 0.5) is 13.2 Å². The molecule has 0 fully saturated rings. The number of halogens is 3. The largest absolute Gasteiger partial charge is 0.324 e. The third-order valence-electron chi connectivity index (χ3n) is 2.76. The predicted molar refractivity (Wildman–Crippen MR) is 63.4 cm³/mol. The molecule has 0 aliphatic carbocycles. The van der Waals surface area contributed by atoms with Crippen LogP contribution in [-0.2, 0) is 6.42 Å². The van der Waals surface area contributed by atoms with Gasteiger partial charge >= 0.3 is 0 Å². The molecule has 2 rings (SSSR count). The Morgan fingerprint density at radius 2 is 1.56 bits per heavy atom. The van der Waals surface area contributed by atoms with Crippen LogP contribution in [0.5, 0.6) is 0 Å². The first kappa shape index (κ1) is 12.6. The highest BCUT2D eigenvalue weighted by atomic mass is 19.1. The molecule has 1 nitrogen and oxygen atoms in total. The zero-order chi connectivity index (χ0) is 13.1. The minimum atomic E-state index is -0.646. The van der Waals surface area contributed by atoms with Gasteiger partial charge in [0, 0.05) is 11.6 Å². The number of nitrogens with two attached hydrogens (primary N) is 1. The molecule has 0 aliphatic heterocycles. The fourth-order valence-corrected chi connectivity index (χ4v) is 1.80. The Balaban J connectivity index is 2.24. The first-order valence-corrected chi connectivity index (χ1v) is 5.52. The molecular weight excluding hydrogens is 239 g/mol. The van der Waals surface area contributed by atoms with Crippen molar-refractivity contribution < 1.29 is 13.2 Å². The third kappa shape index (κ3) is 2.71. The smallest absolute Gasteiger partial charge is 0.129 e. The number of hydrogen-bond acceptors (Lipinski definition) is 1. The van der Waals surface area contributed by atoms with E-state index in [-0.39, 0.29) is 12.0 Å². The summed E-state index contributed by atoms with van der Waals surface area (Å²) >= 11 is 0. The second kappa shape index (κ2) is 5.23. The normalized spacial score (nSPS) is 12.4. The first-order valence-electron chi connectivity index (χ1n) is 5.52. The van der Waals surface area contributed by atoms with Crippen LogP contribution in [0.25, 0.3) is 0 Å². The van der Waals surface area contributed by atoms with E-state index >= 15 is 0 Å². The van der Waals surface area contributed by atoms with Crippen molar-refractivity contribution >= 4 is 0 Å². The lowest BCUT2D eigenvalue weighted by Crippen LogP contribution is -2.15. The molecule has 0 saturated carbocycles. The van der Waals surface area contributed by atoms with Gasteiger partial charge in [-0.2, -0.15) is 0 Å². The Kier molecular flexibility index (Phi) is 3.67. The number of hydrogen-bond donors (Lipinski definition) is 1. The molecule has 0 spiro atoms. The lowest BCUT2D eigenvalue weighted by Gasteiger charge is -2.13. The summed E-state index contributed by atoms with van der Waals surface area (Å²) < 4.78 is 39.9. The summed E-state index contributed by atoms with van der Waals surface area (Å²) in [6.07, 6.45) is -0.0119. The van der Waals surface area contributed by atoms with E-state index in [2.05, 4.69) is 0 Å². The fraction of sp³-hybridized carbons (Fsp3) is 0.143. The highest BCUT2D eigenvalue weighted by Crippen LogP contribution is 2.21. The van der Waals surface area contributed by atoms with Crippen LogP contribution in [0, 0.1) is 17.5 Å². The van der Waals surface area contributed by atoms with Crippen LogP contribution in [0.2, 0.25) is 0 Å². The lowest BCUT2D eigenvalue weighted by atomic mass is 9.99. The summed E-state index contributed by atoms with van der Waals surface area (Å²) in [5, 5.41) is 0. The van der Waals surface area contributed by atoms with Crippen molar-refractivity contribution in [2.24, 2.45) is 5.73 Å². The number of benzene rings is 2. The van der Waals surface area contributed by atoms with Crippen LogP contribution in [0.15, 0.2) is 42.5 Å². The quantitative estimate of drug-likeness (QED) is 0.889. The van der Waals surface area contributed by atoms with E-state index in [1.54, 1.807) is 6.07 Å². The summed E-state index contributed by atoms with van der Waals surface area (Å²) in [6, 6.07) is 8.71. The Hall–Kier alpha value is -1.81. The van der Waals surface area contributed by atoms with Gasteiger partial charge in [-0.1, -0.05) is 18.2 Å². The monoisotopic (exact) mass is 251 g/mol. The standard InChI is InChI=1S/C14H12F3N/c15-10-4-1-3-9(7-10)14(18)8-11-12(16)5-2-6-13(11)17/h1-7,14H,8,18H2. The van der Waals surface area contributed by atoms with Gasteiger partial charge in [-0.25, -0.2) is 13.2 Å². The molecule has 94 valence electrons. The van der Waals surface area contributed by atoms with E-state index in [1.165, 1.54) is 36.4 Å². The fourth-order valence-electron chi connectivity index (χ4n) is 1.80. The zero-order valence-electron chi connectivity index (χ0n) is 9.54. The van der Waals surface area contributed by atoms with Crippen LogP contribution in [-0.4, -0.2) is 0 Å². The van der Waals surface area contributed by atoms with E-state index in [0.29, 0.717) is 5.56 Å². The lowest BCUT2D eigenvalue weighted by molar-refractivity contribution is 0.538. The van der Waals surface area contributed by atoms with Crippen molar-refractivity contribution in [1.29, 1.82) is 0 Å². The summed E-state index contributed by atoms with van der Waals surface area (Å²) in [7, 11) is 0. The Labute approximate surface area is 103 Å². The maximum absolute atomic E-state index is 13.4. The Morgan fingerprint density at radius 1 is 0.944 bits per heavy atom. The van der Waals surface area contributed by atoms with Crippen molar-refractivity contribution in [2.45, 2.75) is 12.5 Å². The van der Waals surface area contributed by atoms with Crippen molar-refractivity contribution in [3.8, 4) is 0 Å². The van der Waals surface area contributed by atoms with E-state index in [4.69, 9.17) is 5.73 Å². The molecule has 1 atom stereocenters. The van der Waals surface area contributed by atoms with Crippen molar-refractivity contribution in [2.75, 3.05) is 0 Å². The van der Waals surface area contributed by atoms with E-state index in [9.17, 15) is 13.2 Å². The molecule has 18 heavy (non-hydrogen) atoms. The van der Waals surface area contributed by atoms with Gasteiger partial charge in [-0.15, -0.1) is 0 Å². The summed E-state index contributed by atoms with van der Waals surface area (Å²) in [4.78, 5) is 0. The van der Waals surface area contributed by atoms with E-state index < -0.39 is 23.5 Å². The molecule has 0 aliphatic rings. The van der Waals surface area contributed by atoms with Crippen LogP contribution in [0.3, 0.4) is 0 Å². The summed E-state index contributed by atoms with van der Waals surface area (Å²) in [5.41, 5.74) is 6.27. The van der Waals surface area contributed by atoms with Gasteiger partial charge < -0.3 is 5.73 Å². The molecule has 0 bridgehead atoms. The molecule has 2 aromatic rings. The van der Waals surface area contributed by atoms with Crippen molar-refractivity contribution in [3.63, 3.8) is 0 Å². The van der Waals surface area contributed by atoms with Gasteiger partial charge in [0.1, 0.15) is 17.5 Å². The van der Waals surface area contributed by atoms with Crippen molar-refractivity contribution in [3.05, 3.63) is 71.0 Å². The molecule has 2 aromatic carbocycles. The maximum atomic E-state index is 13.4. The second-order valence-electron chi connectivity index (χ2n) is 4.07. The topological polar surface area (TPSA) is 26.0 Å². The highest BCUT2D eigenvalue weighted by Gasteiger charge is 2.14. The summed E-state index contributed by atoms with van der Waals surface area (Å²) in [6.45, 7) is 0. The molecule has 0 aromatic heterocycles. The molecule has 0 saturated heterocycles. The second-order valence-corrected chi connectivity index (χ2v) is 4.07. The van der Waals surface area contributed by atoms with Crippen LogP contribution < -0.4 is 5.73 Å². The van der Waals surface area contributed by atoms with Crippen LogP contribution in [0.1, 0.15) is 17.2 Å². The third-order valence-corrected chi connectivity index (χ3v) is 2.76.